The first kappa shape index (κ1) is 17.2. The van der Waals surface area contributed by atoms with Crippen molar-refractivity contribution in [2.24, 2.45) is 0 Å². The Bertz CT molecular complexity index is 502. The van der Waals surface area contributed by atoms with Gasteiger partial charge in [0, 0.05) is 18.6 Å². The number of aromatic nitrogens is 1. The fraction of sp³-hybridized carbons (Fsp3) is 0.353. The highest BCUT2D eigenvalue weighted by Gasteiger charge is 2.03. The number of hydrogen-bond acceptors (Lipinski definition) is 2. The van der Waals surface area contributed by atoms with E-state index < -0.39 is 0 Å². The Morgan fingerprint density at radius 3 is 2.32 bits per heavy atom. The maximum Gasteiger partial charge on any atom is 0.0939 e. The first-order valence-corrected chi connectivity index (χ1v) is 7.05. The van der Waals surface area contributed by atoms with Crippen LogP contribution in [0.4, 0.5) is 5.69 Å². The van der Waals surface area contributed by atoms with Crippen LogP contribution in [-0.4, -0.2) is 12.0 Å². The summed E-state index contributed by atoms with van der Waals surface area (Å²) in [6.45, 7) is 10.0. The van der Waals surface area contributed by atoms with E-state index in [4.69, 9.17) is 0 Å². The van der Waals surface area contributed by atoms with E-state index in [1.807, 2.05) is 60.0 Å². The second kappa shape index (κ2) is 10.1. The summed E-state index contributed by atoms with van der Waals surface area (Å²) in [5.41, 5.74) is 3.29. The van der Waals surface area contributed by atoms with Gasteiger partial charge in [-0.25, -0.2) is 0 Å². The highest BCUT2D eigenvalue weighted by Crippen LogP contribution is 2.26. The van der Waals surface area contributed by atoms with E-state index in [1.54, 1.807) is 0 Å². The Kier molecular flexibility index (Phi) is 9.15. The topological polar surface area (TPSA) is 24.9 Å². The van der Waals surface area contributed by atoms with Crippen molar-refractivity contribution in [3.05, 3.63) is 42.1 Å². The standard InChI is InChI=1S/C13H14N2.2C2H6/c1-3-5-10-7-8-11-6-4-9-15-13(11)12(10)14-2;2*1-2/h3-9,14H,1-2H3;2*1-2H3/b5-3-;;. The van der Waals surface area contributed by atoms with Gasteiger partial charge in [0.2, 0.25) is 0 Å². The zero-order valence-electron chi connectivity index (χ0n) is 13.0. The lowest BCUT2D eigenvalue weighted by molar-refractivity contribution is 1.39. The molecule has 19 heavy (non-hydrogen) atoms. The van der Waals surface area contributed by atoms with E-state index in [0.29, 0.717) is 0 Å². The van der Waals surface area contributed by atoms with E-state index >= 15 is 0 Å². The molecule has 0 aliphatic rings. The third-order valence-electron chi connectivity index (χ3n) is 2.40. The van der Waals surface area contributed by atoms with Crippen molar-refractivity contribution in [3.8, 4) is 0 Å². The molecule has 1 aromatic carbocycles. The summed E-state index contributed by atoms with van der Waals surface area (Å²) in [5.74, 6) is 0. The Balaban J connectivity index is 0.000000741. The van der Waals surface area contributed by atoms with Crippen LogP contribution in [0, 0.1) is 0 Å². The summed E-state index contributed by atoms with van der Waals surface area (Å²) in [7, 11) is 1.93. The summed E-state index contributed by atoms with van der Waals surface area (Å²) in [6.07, 6.45) is 5.94. The van der Waals surface area contributed by atoms with Gasteiger partial charge < -0.3 is 5.32 Å². The molecule has 2 nitrogen and oxygen atoms in total. The Morgan fingerprint density at radius 2 is 1.74 bits per heavy atom. The van der Waals surface area contributed by atoms with Crippen molar-refractivity contribution >= 4 is 22.7 Å². The largest absolute Gasteiger partial charge is 0.386 e. The molecule has 0 aliphatic carbocycles. The van der Waals surface area contributed by atoms with Crippen LogP contribution >= 0.6 is 0 Å². The fourth-order valence-electron chi connectivity index (χ4n) is 1.74. The van der Waals surface area contributed by atoms with Crippen LogP contribution in [0.2, 0.25) is 0 Å². The smallest absolute Gasteiger partial charge is 0.0939 e. The summed E-state index contributed by atoms with van der Waals surface area (Å²) in [5, 5.41) is 4.37. The molecule has 1 N–H and O–H groups in total. The molecule has 0 spiro atoms. The summed E-state index contributed by atoms with van der Waals surface area (Å²) < 4.78 is 0. The molecule has 0 saturated carbocycles. The molecule has 0 fully saturated rings. The average Bonchev–Trinajstić information content (AvgIpc) is 2.51. The molecule has 0 bridgehead atoms. The van der Waals surface area contributed by atoms with Crippen molar-refractivity contribution < 1.29 is 0 Å². The second-order valence-corrected chi connectivity index (χ2v) is 3.35. The van der Waals surface area contributed by atoms with Gasteiger partial charge in [0.1, 0.15) is 0 Å². The van der Waals surface area contributed by atoms with Gasteiger partial charge in [-0.1, -0.05) is 58.0 Å². The van der Waals surface area contributed by atoms with Gasteiger partial charge in [0.15, 0.2) is 0 Å². The predicted octanol–water partition coefficient (Wildman–Crippen LogP) is 5.36. The molecule has 1 aromatic heterocycles. The molecular weight excluding hydrogens is 232 g/mol. The number of pyridine rings is 1. The van der Waals surface area contributed by atoms with E-state index in [-0.39, 0.29) is 0 Å². The van der Waals surface area contributed by atoms with Gasteiger partial charge >= 0.3 is 0 Å². The number of fused-ring (bicyclic) bond motifs is 1. The van der Waals surface area contributed by atoms with Crippen LogP contribution in [-0.2, 0) is 0 Å². The van der Waals surface area contributed by atoms with Gasteiger partial charge in [0.25, 0.3) is 0 Å². The Hall–Kier alpha value is -1.83. The van der Waals surface area contributed by atoms with Gasteiger partial charge in [-0.3, -0.25) is 4.98 Å². The van der Waals surface area contributed by atoms with Crippen LogP contribution in [0.1, 0.15) is 40.2 Å². The van der Waals surface area contributed by atoms with Crippen LogP contribution in [0.5, 0.6) is 0 Å². The Morgan fingerprint density at radius 1 is 1.05 bits per heavy atom. The average molecular weight is 258 g/mol. The number of nitrogens with one attached hydrogen (secondary N) is 1. The van der Waals surface area contributed by atoms with E-state index in [1.165, 1.54) is 5.56 Å². The van der Waals surface area contributed by atoms with Crippen LogP contribution in [0.25, 0.3) is 17.0 Å². The second-order valence-electron chi connectivity index (χ2n) is 3.35. The first-order chi connectivity index (χ1) is 9.36. The minimum atomic E-state index is 1.02. The number of hydrogen-bond donors (Lipinski definition) is 1. The highest BCUT2D eigenvalue weighted by atomic mass is 14.9. The van der Waals surface area contributed by atoms with Crippen LogP contribution in [0.15, 0.2) is 36.5 Å². The molecule has 0 radical (unpaired) electrons. The zero-order valence-corrected chi connectivity index (χ0v) is 13.0. The van der Waals surface area contributed by atoms with Crippen LogP contribution in [0.3, 0.4) is 0 Å². The molecule has 0 saturated heterocycles. The number of nitrogens with zero attached hydrogens (tertiary/aromatic N) is 1. The molecule has 2 rings (SSSR count). The Labute approximate surface area is 117 Å². The zero-order chi connectivity index (χ0) is 14.7. The van der Waals surface area contributed by atoms with Crippen molar-refractivity contribution in [1.29, 1.82) is 0 Å². The predicted molar refractivity (Wildman–Crippen MR) is 88.7 cm³/mol. The third-order valence-corrected chi connectivity index (χ3v) is 2.40. The van der Waals surface area contributed by atoms with Crippen LogP contribution < -0.4 is 5.32 Å². The van der Waals surface area contributed by atoms with Crippen molar-refractivity contribution in [2.75, 3.05) is 12.4 Å². The molecule has 0 atom stereocenters. The lowest BCUT2D eigenvalue weighted by atomic mass is 10.1. The maximum absolute atomic E-state index is 4.40. The number of anilines is 1. The molecule has 0 amide bonds. The lowest BCUT2D eigenvalue weighted by Crippen LogP contribution is -1.94. The van der Waals surface area contributed by atoms with Crippen molar-refractivity contribution in [1.82, 2.24) is 4.98 Å². The summed E-state index contributed by atoms with van der Waals surface area (Å²) >= 11 is 0. The lowest BCUT2D eigenvalue weighted by Gasteiger charge is -2.08. The molecular formula is C17H26N2. The molecule has 104 valence electrons. The summed E-state index contributed by atoms with van der Waals surface area (Å²) in [4.78, 5) is 4.40. The fourth-order valence-corrected chi connectivity index (χ4v) is 1.74. The number of rotatable bonds is 2. The molecule has 2 heteroatoms. The van der Waals surface area contributed by atoms with Gasteiger partial charge in [-0.05, 0) is 18.6 Å². The third kappa shape index (κ3) is 4.40. The molecule has 1 heterocycles. The molecule has 2 aromatic rings. The monoisotopic (exact) mass is 258 g/mol. The number of allylic oxidation sites excluding steroid dienone is 1. The quantitative estimate of drug-likeness (QED) is 0.784. The first-order valence-electron chi connectivity index (χ1n) is 7.05. The minimum Gasteiger partial charge on any atom is -0.386 e. The molecule has 0 aliphatic heterocycles. The number of benzene rings is 1. The van der Waals surface area contributed by atoms with E-state index in [0.717, 1.165) is 16.6 Å². The van der Waals surface area contributed by atoms with Crippen molar-refractivity contribution in [2.45, 2.75) is 34.6 Å². The SMILES string of the molecule is C/C=C\c1ccc2cccnc2c1NC.CC.CC. The highest BCUT2D eigenvalue weighted by molar-refractivity contribution is 5.94. The van der Waals surface area contributed by atoms with E-state index in [9.17, 15) is 0 Å². The minimum absolute atomic E-state index is 1.02. The van der Waals surface area contributed by atoms with Gasteiger partial charge in [-0.2, -0.15) is 0 Å². The van der Waals surface area contributed by atoms with Gasteiger partial charge in [-0.15, -0.1) is 0 Å². The maximum atomic E-state index is 4.40. The van der Waals surface area contributed by atoms with E-state index in [2.05, 4.69) is 34.6 Å². The summed E-state index contributed by atoms with van der Waals surface area (Å²) in [6, 6.07) is 8.23. The molecule has 0 unspecified atom stereocenters. The van der Waals surface area contributed by atoms with Crippen molar-refractivity contribution in [3.63, 3.8) is 0 Å². The normalized spacial score (nSPS) is 9.37. The van der Waals surface area contributed by atoms with Gasteiger partial charge in [0.05, 0.1) is 11.2 Å².